The van der Waals surface area contributed by atoms with Crippen molar-refractivity contribution in [2.45, 2.75) is 6.54 Å². The smallest absolute Gasteiger partial charge is 0.256 e. The zero-order valence-corrected chi connectivity index (χ0v) is 10.4. The molecule has 0 aliphatic carbocycles. The molecular formula is C14H15FN2O. The third-order valence-corrected chi connectivity index (χ3v) is 2.90. The molecule has 0 N–H and O–H groups in total. The van der Waals surface area contributed by atoms with Gasteiger partial charge in [0.25, 0.3) is 5.91 Å². The van der Waals surface area contributed by atoms with E-state index in [-0.39, 0.29) is 11.5 Å². The number of aromatic nitrogens is 1. The number of hydrogen-bond donors (Lipinski definition) is 0. The Morgan fingerprint density at radius 1 is 1.28 bits per heavy atom. The van der Waals surface area contributed by atoms with Crippen molar-refractivity contribution in [1.29, 1.82) is 0 Å². The van der Waals surface area contributed by atoms with Crippen LogP contribution in [0.1, 0.15) is 16.1 Å². The Morgan fingerprint density at radius 2 is 2.00 bits per heavy atom. The summed E-state index contributed by atoms with van der Waals surface area (Å²) in [4.78, 5) is 13.6. The van der Waals surface area contributed by atoms with Crippen LogP contribution in [0.3, 0.4) is 0 Å². The lowest BCUT2D eigenvalue weighted by molar-refractivity contribution is 0.0777. The van der Waals surface area contributed by atoms with Crippen molar-refractivity contribution in [3.63, 3.8) is 0 Å². The predicted octanol–water partition coefficient (Wildman–Crippen LogP) is 2.44. The van der Waals surface area contributed by atoms with Crippen molar-refractivity contribution in [3.8, 4) is 0 Å². The van der Waals surface area contributed by atoms with Gasteiger partial charge in [0.1, 0.15) is 5.82 Å². The van der Waals surface area contributed by atoms with Crippen molar-refractivity contribution >= 4 is 5.91 Å². The lowest BCUT2D eigenvalue weighted by Crippen LogP contribution is -2.27. The van der Waals surface area contributed by atoms with Crippen molar-refractivity contribution < 1.29 is 9.18 Å². The van der Waals surface area contributed by atoms with Crippen LogP contribution in [0.25, 0.3) is 0 Å². The quantitative estimate of drug-likeness (QED) is 0.816. The number of rotatable bonds is 3. The zero-order chi connectivity index (χ0) is 13.1. The van der Waals surface area contributed by atoms with Crippen LogP contribution >= 0.6 is 0 Å². The van der Waals surface area contributed by atoms with Gasteiger partial charge in [-0.15, -0.1) is 0 Å². The maximum absolute atomic E-state index is 13.5. The van der Waals surface area contributed by atoms with Crippen molar-refractivity contribution in [1.82, 2.24) is 9.47 Å². The van der Waals surface area contributed by atoms with Crippen LogP contribution in [0.5, 0.6) is 0 Å². The highest BCUT2D eigenvalue weighted by Gasteiger charge is 2.16. The number of aryl methyl sites for hydroxylation is 1. The number of nitrogens with zero attached hydrogens (tertiary/aromatic N) is 2. The highest BCUT2D eigenvalue weighted by molar-refractivity contribution is 5.94. The van der Waals surface area contributed by atoms with Gasteiger partial charge < -0.3 is 9.47 Å². The van der Waals surface area contributed by atoms with Gasteiger partial charge in [-0.25, -0.2) is 4.39 Å². The van der Waals surface area contributed by atoms with Gasteiger partial charge >= 0.3 is 0 Å². The Balaban J connectivity index is 2.15. The first kappa shape index (κ1) is 12.4. The second-order valence-corrected chi connectivity index (χ2v) is 4.25. The molecule has 0 saturated carbocycles. The van der Waals surface area contributed by atoms with Crippen LogP contribution in [-0.4, -0.2) is 22.4 Å². The van der Waals surface area contributed by atoms with Gasteiger partial charge in [-0.2, -0.15) is 0 Å². The monoisotopic (exact) mass is 246 g/mol. The molecule has 1 aromatic heterocycles. The summed E-state index contributed by atoms with van der Waals surface area (Å²) >= 11 is 0. The van der Waals surface area contributed by atoms with E-state index in [0.29, 0.717) is 6.54 Å². The molecule has 2 rings (SSSR count). The largest absolute Gasteiger partial charge is 0.353 e. The molecule has 18 heavy (non-hydrogen) atoms. The highest BCUT2D eigenvalue weighted by atomic mass is 19.1. The average Bonchev–Trinajstić information content (AvgIpc) is 2.75. The standard InChI is InChI=1S/C14H15FN2O/c1-16-9-5-6-11(16)10-17(2)14(18)12-7-3-4-8-13(12)15/h3-9H,10H2,1-2H3. The summed E-state index contributed by atoms with van der Waals surface area (Å²) in [7, 11) is 3.58. The van der Waals surface area contributed by atoms with Gasteiger partial charge in [0.05, 0.1) is 12.1 Å². The zero-order valence-electron chi connectivity index (χ0n) is 10.4. The molecule has 0 bridgehead atoms. The van der Waals surface area contributed by atoms with Crippen LogP contribution in [0.2, 0.25) is 0 Å². The summed E-state index contributed by atoms with van der Waals surface area (Å²) in [5.74, 6) is -0.796. The molecule has 0 atom stereocenters. The molecule has 3 nitrogen and oxygen atoms in total. The fourth-order valence-corrected chi connectivity index (χ4v) is 1.82. The molecule has 0 spiro atoms. The minimum Gasteiger partial charge on any atom is -0.353 e. The first-order valence-corrected chi connectivity index (χ1v) is 5.70. The molecule has 0 radical (unpaired) electrons. The van der Waals surface area contributed by atoms with Crippen molar-refractivity contribution in [2.24, 2.45) is 7.05 Å². The van der Waals surface area contributed by atoms with E-state index in [9.17, 15) is 9.18 Å². The first-order chi connectivity index (χ1) is 8.59. The summed E-state index contributed by atoms with van der Waals surface area (Å²) in [6.45, 7) is 0.455. The van der Waals surface area contributed by atoms with Crippen LogP contribution in [0.4, 0.5) is 4.39 Å². The SMILES string of the molecule is CN(Cc1cccn1C)C(=O)c1ccccc1F. The molecule has 0 aliphatic heterocycles. The topological polar surface area (TPSA) is 25.2 Å². The maximum Gasteiger partial charge on any atom is 0.256 e. The summed E-state index contributed by atoms with van der Waals surface area (Å²) < 4.78 is 15.4. The van der Waals surface area contributed by atoms with Crippen molar-refractivity contribution in [2.75, 3.05) is 7.05 Å². The first-order valence-electron chi connectivity index (χ1n) is 5.70. The molecule has 0 aliphatic rings. The molecule has 4 heteroatoms. The second-order valence-electron chi connectivity index (χ2n) is 4.25. The lowest BCUT2D eigenvalue weighted by Gasteiger charge is -2.18. The molecule has 1 amide bonds. The number of carbonyl (C=O) groups excluding carboxylic acids is 1. The number of amides is 1. The van der Waals surface area contributed by atoms with Crippen LogP contribution in [0, 0.1) is 5.82 Å². The minimum absolute atomic E-state index is 0.106. The normalized spacial score (nSPS) is 10.4. The van der Waals surface area contributed by atoms with Gasteiger partial charge in [-0.3, -0.25) is 4.79 Å². The molecule has 94 valence electrons. The molecule has 1 aromatic carbocycles. The van der Waals surface area contributed by atoms with Crippen LogP contribution < -0.4 is 0 Å². The van der Waals surface area contributed by atoms with E-state index in [0.717, 1.165) is 5.69 Å². The van der Waals surface area contributed by atoms with Crippen molar-refractivity contribution in [3.05, 3.63) is 59.7 Å². The Bertz CT molecular complexity index is 562. The predicted molar refractivity (Wildman–Crippen MR) is 67.6 cm³/mol. The fraction of sp³-hybridized carbons (Fsp3) is 0.214. The fourth-order valence-electron chi connectivity index (χ4n) is 1.82. The summed E-state index contributed by atoms with van der Waals surface area (Å²) in [6.07, 6.45) is 1.91. The van der Waals surface area contributed by atoms with E-state index < -0.39 is 5.82 Å². The van der Waals surface area contributed by atoms with Gasteiger partial charge in [0.15, 0.2) is 0 Å². The van der Waals surface area contributed by atoms with Gasteiger partial charge in [-0.1, -0.05) is 12.1 Å². The summed E-state index contributed by atoms with van der Waals surface area (Å²) in [5.41, 5.74) is 1.11. The summed E-state index contributed by atoms with van der Waals surface area (Å²) in [6, 6.07) is 9.88. The Hall–Kier alpha value is -2.10. The lowest BCUT2D eigenvalue weighted by atomic mass is 10.2. The van der Waals surface area contributed by atoms with Crippen LogP contribution in [0.15, 0.2) is 42.6 Å². The third-order valence-electron chi connectivity index (χ3n) is 2.90. The second kappa shape index (κ2) is 5.04. The van der Waals surface area contributed by atoms with E-state index in [4.69, 9.17) is 0 Å². The minimum atomic E-state index is -0.485. The number of carbonyl (C=O) groups is 1. The Morgan fingerprint density at radius 3 is 2.61 bits per heavy atom. The van der Waals surface area contributed by atoms with E-state index in [2.05, 4.69) is 0 Å². The van der Waals surface area contributed by atoms with Crippen LogP contribution in [-0.2, 0) is 13.6 Å². The molecule has 0 fully saturated rings. The number of hydrogen-bond acceptors (Lipinski definition) is 1. The number of halogens is 1. The molecule has 1 heterocycles. The maximum atomic E-state index is 13.5. The van der Waals surface area contributed by atoms with E-state index in [1.165, 1.54) is 17.0 Å². The average molecular weight is 246 g/mol. The molecule has 2 aromatic rings. The molecule has 0 unspecified atom stereocenters. The van der Waals surface area contributed by atoms with Gasteiger partial charge in [0, 0.05) is 26.0 Å². The van der Waals surface area contributed by atoms with E-state index in [1.54, 1.807) is 19.2 Å². The Kier molecular flexibility index (Phi) is 3.46. The van der Waals surface area contributed by atoms with E-state index >= 15 is 0 Å². The third kappa shape index (κ3) is 2.42. The molecular weight excluding hydrogens is 231 g/mol. The van der Waals surface area contributed by atoms with Gasteiger partial charge in [0.2, 0.25) is 0 Å². The van der Waals surface area contributed by atoms with Gasteiger partial charge in [-0.05, 0) is 24.3 Å². The highest BCUT2D eigenvalue weighted by Crippen LogP contribution is 2.11. The van der Waals surface area contributed by atoms with E-state index in [1.807, 2.05) is 29.9 Å². The Labute approximate surface area is 105 Å². The molecule has 0 saturated heterocycles. The number of benzene rings is 1. The summed E-state index contributed by atoms with van der Waals surface area (Å²) in [5, 5.41) is 0.